The van der Waals surface area contributed by atoms with Crippen LogP contribution in [0.5, 0.6) is 0 Å². The molecule has 0 spiro atoms. The van der Waals surface area contributed by atoms with Crippen molar-refractivity contribution in [3.63, 3.8) is 0 Å². The van der Waals surface area contributed by atoms with Gasteiger partial charge in [0, 0.05) is 13.1 Å². The lowest BCUT2D eigenvalue weighted by Crippen LogP contribution is -2.07. The van der Waals surface area contributed by atoms with E-state index in [1.807, 2.05) is 7.05 Å². The predicted molar refractivity (Wildman–Crippen MR) is 51.4 cm³/mol. The van der Waals surface area contributed by atoms with Gasteiger partial charge in [-0.25, -0.2) is 9.59 Å². The average Bonchev–Trinajstić information content (AvgIpc) is 2.65. The normalized spacial score (nSPS) is 19.0. The molecule has 0 atom stereocenters. The van der Waals surface area contributed by atoms with Crippen LogP contribution in [0, 0.1) is 0 Å². The maximum Gasteiger partial charge on any atom is 0.346 e. The van der Waals surface area contributed by atoms with E-state index in [1.54, 1.807) is 12.1 Å². The first kappa shape index (κ1) is 8.61. The zero-order valence-electron chi connectivity index (χ0n) is 8.24. The molecular formula is C11H9NO3. The number of cyclic esters (lactones) is 2. The van der Waals surface area contributed by atoms with Gasteiger partial charge in [-0.2, -0.15) is 0 Å². The lowest BCUT2D eigenvalue weighted by Gasteiger charge is -2.02. The van der Waals surface area contributed by atoms with E-state index >= 15 is 0 Å². The molecule has 2 aliphatic heterocycles. The molecule has 3 rings (SSSR count). The van der Waals surface area contributed by atoms with Crippen molar-refractivity contribution < 1.29 is 14.3 Å². The van der Waals surface area contributed by atoms with Gasteiger partial charge in [0.25, 0.3) is 0 Å². The number of ether oxygens (including phenoxy) is 1. The van der Waals surface area contributed by atoms with Crippen molar-refractivity contribution in [3.8, 4) is 0 Å². The molecule has 4 heteroatoms. The molecule has 1 aromatic rings. The molecule has 0 aromatic heterocycles. The SMILES string of the molecule is CN1Cc2cc3c(cc2C1)C(=O)OC3=O. The van der Waals surface area contributed by atoms with E-state index in [0.717, 1.165) is 24.2 Å². The molecular weight excluding hydrogens is 194 g/mol. The summed E-state index contributed by atoms with van der Waals surface area (Å²) in [5.41, 5.74) is 3.05. The van der Waals surface area contributed by atoms with Crippen molar-refractivity contribution in [2.75, 3.05) is 7.05 Å². The van der Waals surface area contributed by atoms with Gasteiger partial charge in [0.2, 0.25) is 0 Å². The van der Waals surface area contributed by atoms with Gasteiger partial charge < -0.3 is 4.74 Å². The van der Waals surface area contributed by atoms with E-state index in [-0.39, 0.29) is 0 Å². The Hall–Kier alpha value is -1.68. The van der Waals surface area contributed by atoms with Crippen LogP contribution in [0.25, 0.3) is 0 Å². The number of carbonyl (C=O) groups excluding carboxylic acids is 2. The van der Waals surface area contributed by atoms with Gasteiger partial charge in [-0.05, 0) is 30.3 Å². The second-order valence-corrected chi connectivity index (χ2v) is 4.02. The number of carbonyl (C=O) groups is 2. The Morgan fingerprint density at radius 3 is 2.00 bits per heavy atom. The van der Waals surface area contributed by atoms with Crippen molar-refractivity contribution in [3.05, 3.63) is 34.4 Å². The predicted octanol–water partition coefficient (Wildman–Crippen LogP) is 0.943. The first-order chi connectivity index (χ1) is 7.15. The van der Waals surface area contributed by atoms with Crippen LogP contribution in [0.15, 0.2) is 12.1 Å². The molecule has 4 nitrogen and oxygen atoms in total. The van der Waals surface area contributed by atoms with Gasteiger partial charge in [-0.3, -0.25) is 4.90 Å². The van der Waals surface area contributed by atoms with E-state index in [2.05, 4.69) is 9.64 Å². The summed E-state index contributed by atoms with van der Waals surface area (Å²) < 4.78 is 4.55. The molecule has 0 bridgehead atoms. The second kappa shape index (κ2) is 2.67. The molecule has 2 aliphatic rings. The van der Waals surface area contributed by atoms with E-state index in [4.69, 9.17) is 0 Å². The Labute approximate surface area is 86.4 Å². The summed E-state index contributed by atoms with van der Waals surface area (Å²) in [6.45, 7) is 1.65. The lowest BCUT2D eigenvalue weighted by atomic mass is 10.0. The summed E-state index contributed by atoms with van der Waals surface area (Å²) in [6.07, 6.45) is 0. The monoisotopic (exact) mass is 203 g/mol. The summed E-state index contributed by atoms with van der Waals surface area (Å²) in [5, 5.41) is 0. The Kier molecular flexibility index (Phi) is 1.53. The van der Waals surface area contributed by atoms with E-state index in [0.29, 0.717) is 11.1 Å². The fourth-order valence-electron chi connectivity index (χ4n) is 2.15. The highest BCUT2D eigenvalue weighted by molar-refractivity contribution is 6.14. The number of esters is 2. The topological polar surface area (TPSA) is 46.6 Å². The molecule has 0 aliphatic carbocycles. The summed E-state index contributed by atoms with van der Waals surface area (Å²) in [5.74, 6) is -1.04. The number of fused-ring (bicyclic) bond motifs is 2. The molecule has 0 amide bonds. The molecule has 0 unspecified atom stereocenters. The fourth-order valence-corrected chi connectivity index (χ4v) is 2.15. The first-order valence-electron chi connectivity index (χ1n) is 4.76. The Balaban J connectivity index is 2.19. The van der Waals surface area contributed by atoms with Crippen LogP contribution in [0.3, 0.4) is 0 Å². The van der Waals surface area contributed by atoms with Gasteiger partial charge in [-0.1, -0.05) is 0 Å². The zero-order valence-corrected chi connectivity index (χ0v) is 8.24. The van der Waals surface area contributed by atoms with Crippen molar-refractivity contribution in [1.82, 2.24) is 4.90 Å². The standard InChI is InChI=1S/C11H9NO3/c1-12-4-6-2-8-9(3-7(6)5-12)11(14)15-10(8)13/h2-3H,4-5H2,1H3. The maximum absolute atomic E-state index is 11.3. The highest BCUT2D eigenvalue weighted by Crippen LogP contribution is 2.29. The molecule has 2 heterocycles. The third-order valence-corrected chi connectivity index (χ3v) is 2.85. The largest absolute Gasteiger partial charge is 0.386 e. The Morgan fingerprint density at radius 2 is 1.53 bits per heavy atom. The van der Waals surface area contributed by atoms with Gasteiger partial charge >= 0.3 is 11.9 Å². The first-order valence-corrected chi connectivity index (χ1v) is 4.76. The molecule has 0 fully saturated rings. The number of rotatable bonds is 0. The molecule has 1 aromatic carbocycles. The highest BCUT2D eigenvalue weighted by atomic mass is 16.6. The minimum absolute atomic E-state index is 0.411. The van der Waals surface area contributed by atoms with Gasteiger partial charge in [0.15, 0.2) is 0 Å². The van der Waals surface area contributed by atoms with Crippen LogP contribution >= 0.6 is 0 Å². The molecule has 15 heavy (non-hydrogen) atoms. The Bertz CT molecular complexity index is 450. The lowest BCUT2D eigenvalue weighted by molar-refractivity contribution is 0.0443. The highest BCUT2D eigenvalue weighted by Gasteiger charge is 2.32. The zero-order chi connectivity index (χ0) is 10.6. The molecule has 0 N–H and O–H groups in total. The molecule has 0 saturated heterocycles. The van der Waals surface area contributed by atoms with Crippen LogP contribution < -0.4 is 0 Å². The minimum Gasteiger partial charge on any atom is -0.386 e. The van der Waals surface area contributed by atoms with Gasteiger partial charge in [0.1, 0.15) is 0 Å². The summed E-state index contributed by atoms with van der Waals surface area (Å²) >= 11 is 0. The van der Waals surface area contributed by atoms with Crippen molar-refractivity contribution >= 4 is 11.9 Å². The fraction of sp³-hybridized carbons (Fsp3) is 0.273. The summed E-state index contributed by atoms with van der Waals surface area (Å²) in [6, 6.07) is 3.56. The summed E-state index contributed by atoms with van der Waals surface area (Å²) in [7, 11) is 2.01. The smallest absolute Gasteiger partial charge is 0.346 e. The van der Waals surface area contributed by atoms with Crippen LogP contribution in [-0.2, 0) is 17.8 Å². The van der Waals surface area contributed by atoms with E-state index in [1.165, 1.54) is 0 Å². The number of nitrogens with zero attached hydrogens (tertiary/aromatic N) is 1. The maximum atomic E-state index is 11.3. The quantitative estimate of drug-likeness (QED) is 0.465. The van der Waals surface area contributed by atoms with Crippen LogP contribution in [0.2, 0.25) is 0 Å². The number of benzene rings is 1. The Morgan fingerprint density at radius 1 is 1.07 bits per heavy atom. The summed E-state index contributed by atoms with van der Waals surface area (Å²) in [4.78, 5) is 24.7. The van der Waals surface area contributed by atoms with E-state index in [9.17, 15) is 9.59 Å². The molecule has 0 saturated carbocycles. The third kappa shape index (κ3) is 1.11. The molecule has 76 valence electrons. The van der Waals surface area contributed by atoms with Crippen molar-refractivity contribution in [1.29, 1.82) is 0 Å². The third-order valence-electron chi connectivity index (χ3n) is 2.85. The van der Waals surface area contributed by atoms with Gasteiger partial charge in [0.05, 0.1) is 11.1 Å². The van der Waals surface area contributed by atoms with Crippen LogP contribution in [0.4, 0.5) is 0 Å². The van der Waals surface area contributed by atoms with E-state index < -0.39 is 11.9 Å². The van der Waals surface area contributed by atoms with Gasteiger partial charge in [-0.15, -0.1) is 0 Å². The minimum atomic E-state index is -0.521. The van der Waals surface area contributed by atoms with Crippen molar-refractivity contribution in [2.24, 2.45) is 0 Å². The van der Waals surface area contributed by atoms with Crippen molar-refractivity contribution in [2.45, 2.75) is 13.1 Å². The molecule has 0 radical (unpaired) electrons. The number of hydrogen-bond donors (Lipinski definition) is 0. The average molecular weight is 203 g/mol. The number of hydrogen-bond acceptors (Lipinski definition) is 4. The second-order valence-electron chi connectivity index (χ2n) is 4.02. The van der Waals surface area contributed by atoms with Crippen LogP contribution in [0.1, 0.15) is 31.8 Å². The van der Waals surface area contributed by atoms with Crippen LogP contribution in [-0.4, -0.2) is 23.9 Å².